The van der Waals surface area contributed by atoms with Crippen molar-refractivity contribution in [1.29, 1.82) is 0 Å². The van der Waals surface area contributed by atoms with E-state index in [4.69, 9.17) is 21.1 Å². The molecule has 33 heavy (non-hydrogen) atoms. The first-order chi connectivity index (χ1) is 15.7. The zero-order chi connectivity index (χ0) is 24.1. The zero-order valence-corrected chi connectivity index (χ0v) is 21.4. The molecule has 3 rings (SSSR count). The van der Waals surface area contributed by atoms with E-state index in [9.17, 15) is 9.59 Å². The molecule has 2 heterocycles. The monoisotopic (exact) mass is 508 g/mol. The molecular formula is C22H25ClN4O4S2. The van der Waals surface area contributed by atoms with Gasteiger partial charge in [0.2, 0.25) is 5.91 Å². The fourth-order valence-electron chi connectivity index (χ4n) is 3.15. The van der Waals surface area contributed by atoms with Gasteiger partial charge in [-0.15, -0.1) is 21.5 Å². The van der Waals surface area contributed by atoms with Gasteiger partial charge in [-0.3, -0.25) is 4.79 Å². The van der Waals surface area contributed by atoms with E-state index in [0.29, 0.717) is 38.7 Å². The van der Waals surface area contributed by atoms with Crippen LogP contribution >= 0.6 is 34.7 Å². The fraction of sp³-hybridized carbons (Fsp3) is 0.364. The number of nitrogens with one attached hydrogen (secondary N) is 1. The predicted octanol–water partition coefficient (Wildman–Crippen LogP) is 4.81. The second-order valence-corrected chi connectivity index (χ2v) is 9.75. The number of carbonyl (C=O) groups excluding carboxylic acids is 2. The number of rotatable bonds is 9. The highest BCUT2D eigenvalue weighted by Crippen LogP contribution is 2.34. The number of hydrogen-bond acceptors (Lipinski definition) is 8. The standard InChI is InChI=1S/C22H25ClN4O4S2/c1-6-15-13(3)33-20(19(15)21(29)30-5)24-18(28)11-32-22-26-25-17(27(22)4)10-31-14-7-8-16(23)12(2)9-14/h7-9H,6,10-11H2,1-5H3,(H,24,28). The number of esters is 1. The van der Waals surface area contributed by atoms with Crippen LogP contribution in [0.2, 0.25) is 5.02 Å². The molecule has 1 N–H and O–H groups in total. The van der Waals surface area contributed by atoms with Gasteiger partial charge in [0.25, 0.3) is 0 Å². The topological polar surface area (TPSA) is 95.3 Å². The maximum absolute atomic E-state index is 12.6. The van der Waals surface area contributed by atoms with Crippen LogP contribution in [0.5, 0.6) is 5.75 Å². The van der Waals surface area contributed by atoms with E-state index >= 15 is 0 Å². The third-order valence-corrected chi connectivity index (χ3v) is 7.47. The number of benzene rings is 1. The number of aromatic nitrogens is 3. The van der Waals surface area contributed by atoms with Crippen LogP contribution < -0.4 is 10.1 Å². The Balaban J connectivity index is 1.61. The Morgan fingerprint density at radius 2 is 2.03 bits per heavy atom. The van der Waals surface area contributed by atoms with E-state index < -0.39 is 5.97 Å². The summed E-state index contributed by atoms with van der Waals surface area (Å²) in [6, 6.07) is 5.44. The summed E-state index contributed by atoms with van der Waals surface area (Å²) in [6.07, 6.45) is 0.677. The van der Waals surface area contributed by atoms with Gasteiger partial charge in [-0.25, -0.2) is 4.79 Å². The second-order valence-electron chi connectivity index (χ2n) is 7.18. The Hall–Kier alpha value is -2.56. The first kappa shape index (κ1) is 25.1. The van der Waals surface area contributed by atoms with E-state index in [0.717, 1.165) is 16.0 Å². The molecule has 0 aliphatic rings. The number of aryl methyl sites for hydroxylation is 2. The van der Waals surface area contributed by atoms with Crippen LogP contribution in [0, 0.1) is 13.8 Å². The number of amides is 1. The summed E-state index contributed by atoms with van der Waals surface area (Å²) in [7, 11) is 3.15. The molecule has 0 aliphatic carbocycles. The number of halogens is 1. The van der Waals surface area contributed by atoms with Crippen LogP contribution in [-0.2, 0) is 29.6 Å². The molecular weight excluding hydrogens is 484 g/mol. The van der Waals surface area contributed by atoms with Crippen molar-refractivity contribution in [3.63, 3.8) is 0 Å². The number of carbonyl (C=O) groups is 2. The van der Waals surface area contributed by atoms with Crippen LogP contribution in [0.3, 0.4) is 0 Å². The molecule has 1 aromatic carbocycles. The summed E-state index contributed by atoms with van der Waals surface area (Å²) < 4.78 is 12.5. The van der Waals surface area contributed by atoms with E-state index in [1.165, 1.54) is 30.2 Å². The van der Waals surface area contributed by atoms with E-state index in [2.05, 4.69) is 15.5 Å². The first-order valence-corrected chi connectivity index (χ1v) is 12.3. The highest BCUT2D eigenvalue weighted by Gasteiger charge is 2.23. The average Bonchev–Trinajstić information content (AvgIpc) is 3.30. The summed E-state index contributed by atoms with van der Waals surface area (Å²) >= 11 is 8.67. The third-order valence-electron chi connectivity index (χ3n) is 4.96. The number of hydrogen-bond donors (Lipinski definition) is 1. The number of ether oxygens (including phenoxy) is 2. The van der Waals surface area contributed by atoms with Crippen molar-refractivity contribution in [1.82, 2.24) is 14.8 Å². The number of thioether (sulfide) groups is 1. The second kappa shape index (κ2) is 11.0. The van der Waals surface area contributed by atoms with Crippen LogP contribution in [0.15, 0.2) is 23.4 Å². The summed E-state index contributed by atoms with van der Waals surface area (Å²) in [5.41, 5.74) is 2.25. The molecule has 0 atom stereocenters. The Kier molecular flexibility index (Phi) is 8.39. The Bertz CT molecular complexity index is 1180. The van der Waals surface area contributed by atoms with Crippen molar-refractivity contribution in [2.75, 3.05) is 18.2 Å². The summed E-state index contributed by atoms with van der Waals surface area (Å²) in [6.45, 7) is 6.03. The van der Waals surface area contributed by atoms with Crippen LogP contribution in [0.4, 0.5) is 5.00 Å². The largest absolute Gasteiger partial charge is 0.486 e. The molecule has 0 spiro atoms. The van der Waals surface area contributed by atoms with Gasteiger partial charge in [-0.05, 0) is 49.6 Å². The number of anilines is 1. The van der Waals surface area contributed by atoms with Crippen molar-refractivity contribution < 1.29 is 19.1 Å². The lowest BCUT2D eigenvalue weighted by molar-refractivity contribution is -0.113. The number of methoxy groups -OCH3 is 1. The molecule has 11 heteroatoms. The van der Waals surface area contributed by atoms with E-state index in [1.807, 2.05) is 33.9 Å². The molecule has 1 amide bonds. The van der Waals surface area contributed by atoms with Crippen molar-refractivity contribution in [3.8, 4) is 5.75 Å². The minimum atomic E-state index is -0.451. The van der Waals surface area contributed by atoms with Gasteiger partial charge < -0.3 is 19.4 Å². The molecule has 8 nitrogen and oxygen atoms in total. The number of nitrogens with zero attached hydrogens (tertiary/aromatic N) is 3. The predicted molar refractivity (Wildman–Crippen MR) is 131 cm³/mol. The summed E-state index contributed by atoms with van der Waals surface area (Å²) in [5, 5.41) is 12.9. The lowest BCUT2D eigenvalue weighted by atomic mass is 10.1. The number of thiophene rings is 1. The molecule has 0 saturated carbocycles. The van der Waals surface area contributed by atoms with Crippen molar-refractivity contribution in [3.05, 3.63) is 50.6 Å². The molecule has 0 fully saturated rings. The van der Waals surface area contributed by atoms with Gasteiger partial charge in [0.1, 0.15) is 17.4 Å². The average molecular weight is 509 g/mol. The lowest BCUT2D eigenvalue weighted by Crippen LogP contribution is -2.16. The van der Waals surface area contributed by atoms with Gasteiger partial charge >= 0.3 is 5.97 Å². The summed E-state index contributed by atoms with van der Waals surface area (Å²) in [4.78, 5) is 25.8. The van der Waals surface area contributed by atoms with Gasteiger partial charge in [0.05, 0.1) is 18.4 Å². The molecule has 0 saturated heterocycles. The molecule has 2 aromatic heterocycles. The van der Waals surface area contributed by atoms with E-state index in [-0.39, 0.29) is 18.3 Å². The minimum absolute atomic E-state index is 0.113. The van der Waals surface area contributed by atoms with Gasteiger partial charge in [-0.2, -0.15) is 0 Å². The maximum Gasteiger partial charge on any atom is 0.341 e. The minimum Gasteiger partial charge on any atom is -0.486 e. The molecule has 0 aliphatic heterocycles. The van der Waals surface area contributed by atoms with Crippen molar-refractivity contribution in [2.24, 2.45) is 7.05 Å². The molecule has 0 radical (unpaired) electrons. The summed E-state index contributed by atoms with van der Waals surface area (Å²) in [5.74, 6) is 0.731. The smallest absolute Gasteiger partial charge is 0.341 e. The fourth-order valence-corrected chi connectivity index (χ4v) is 5.15. The van der Waals surface area contributed by atoms with Crippen molar-refractivity contribution in [2.45, 2.75) is 39.0 Å². The van der Waals surface area contributed by atoms with Gasteiger partial charge in [-0.1, -0.05) is 30.3 Å². The normalized spacial score (nSPS) is 10.8. The van der Waals surface area contributed by atoms with Crippen LogP contribution in [0.1, 0.15) is 39.1 Å². The van der Waals surface area contributed by atoms with Gasteiger partial charge in [0, 0.05) is 16.9 Å². The zero-order valence-electron chi connectivity index (χ0n) is 19.0. The Labute approximate surface area is 205 Å². The third kappa shape index (κ3) is 5.87. The van der Waals surface area contributed by atoms with Crippen LogP contribution in [0.25, 0.3) is 0 Å². The van der Waals surface area contributed by atoms with E-state index in [1.54, 1.807) is 16.7 Å². The molecule has 3 aromatic rings. The Morgan fingerprint density at radius 3 is 2.70 bits per heavy atom. The molecule has 176 valence electrons. The lowest BCUT2D eigenvalue weighted by Gasteiger charge is -2.08. The maximum atomic E-state index is 12.6. The Morgan fingerprint density at radius 1 is 1.27 bits per heavy atom. The van der Waals surface area contributed by atoms with Crippen LogP contribution in [-0.4, -0.2) is 39.5 Å². The quantitative estimate of drug-likeness (QED) is 0.327. The SMILES string of the molecule is CCc1c(C)sc(NC(=O)CSc2nnc(COc3ccc(Cl)c(C)c3)n2C)c1C(=O)OC. The first-order valence-electron chi connectivity index (χ1n) is 10.2. The molecule has 0 bridgehead atoms. The van der Waals surface area contributed by atoms with Gasteiger partial charge in [0.15, 0.2) is 11.0 Å². The highest BCUT2D eigenvalue weighted by atomic mass is 35.5. The molecule has 0 unspecified atom stereocenters. The van der Waals surface area contributed by atoms with Crippen molar-refractivity contribution >= 4 is 51.6 Å². The highest BCUT2D eigenvalue weighted by molar-refractivity contribution is 7.99.